The van der Waals surface area contributed by atoms with E-state index in [4.69, 9.17) is 17.0 Å². The van der Waals surface area contributed by atoms with Crippen LogP contribution in [0.1, 0.15) is 36.3 Å². The molecule has 0 saturated carbocycles. The lowest BCUT2D eigenvalue weighted by Crippen LogP contribution is -2.36. The topological polar surface area (TPSA) is 55.2 Å². The molecular weight excluding hydrogens is 382 g/mol. The third kappa shape index (κ3) is 3.52. The van der Waals surface area contributed by atoms with Crippen molar-refractivity contribution in [2.75, 3.05) is 13.2 Å². The van der Waals surface area contributed by atoms with Gasteiger partial charge in [0.05, 0.1) is 35.8 Å². The van der Waals surface area contributed by atoms with Gasteiger partial charge in [0.25, 0.3) is 0 Å². The van der Waals surface area contributed by atoms with Crippen LogP contribution in [0.25, 0.3) is 5.69 Å². The summed E-state index contributed by atoms with van der Waals surface area (Å²) in [6, 6.07) is 14.2. The lowest BCUT2D eigenvalue weighted by Gasteiger charge is -2.30. The highest BCUT2D eigenvalue weighted by Crippen LogP contribution is 2.40. The first kappa shape index (κ1) is 18.3. The zero-order valence-electron chi connectivity index (χ0n) is 16.0. The van der Waals surface area contributed by atoms with Gasteiger partial charge in [0.2, 0.25) is 0 Å². The van der Waals surface area contributed by atoms with Gasteiger partial charge in [-0.15, -0.1) is 0 Å². The van der Waals surface area contributed by atoms with E-state index in [0.29, 0.717) is 0 Å². The van der Waals surface area contributed by atoms with E-state index in [-0.39, 0.29) is 18.2 Å². The molecule has 5 heterocycles. The molecule has 2 aliphatic rings. The second-order valence-corrected chi connectivity index (χ2v) is 7.81. The van der Waals surface area contributed by atoms with E-state index in [1.807, 2.05) is 30.6 Å². The molecular formula is C22H23N5OS. The lowest BCUT2D eigenvalue weighted by molar-refractivity contribution is 0.0836. The number of rotatable bonds is 5. The average Bonchev–Trinajstić information content (AvgIpc) is 3.51. The van der Waals surface area contributed by atoms with E-state index in [1.165, 1.54) is 0 Å². The lowest BCUT2D eigenvalue weighted by atomic mass is 10.0. The molecule has 0 radical (unpaired) electrons. The first-order chi connectivity index (χ1) is 14.3. The van der Waals surface area contributed by atoms with E-state index < -0.39 is 0 Å². The van der Waals surface area contributed by atoms with Crippen molar-refractivity contribution in [3.63, 3.8) is 0 Å². The summed E-state index contributed by atoms with van der Waals surface area (Å²) in [5.74, 6) is 0. The fourth-order valence-corrected chi connectivity index (χ4v) is 4.61. The van der Waals surface area contributed by atoms with Crippen LogP contribution >= 0.6 is 12.2 Å². The summed E-state index contributed by atoms with van der Waals surface area (Å²) in [6.07, 6.45) is 9.97. The predicted octanol–water partition coefficient (Wildman–Crippen LogP) is 3.42. The summed E-state index contributed by atoms with van der Waals surface area (Å²) in [7, 11) is 0. The quantitative estimate of drug-likeness (QED) is 0.657. The maximum Gasteiger partial charge on any atom is 0.170 e. The maximum atomic E-state index is 5.92. The minimum atomic E-state index is -0.0320. The monoisotopic (exact) mass is 405 g/mol. The molecule has 7 heteroatoms. The third-order valence-corrected chi connectivity index (χ3v) is 5.98. The Kier molecular flexibility index (Phi) is 4.99. The molecule has 2 saturated heterocycles. The van der Waals surface area contributed by atoms with Crippen LogP contribution in [0.2, 0.25) is 0 Å². The molecule has 3 atom stereocenters. The molecule has 0 unspecified atom stereocenters. The molecule has 2 aliphatic heterocycles. The van der Waals surface area contributed by atoms with Gasteiger partial charge in [-0.3, -0.25) is 9.97 Å². The summed E-state index contributed by atoms with van der Waals surface area (Å²) in [5, 5.41) is 4.27. The van der Waals surface area contributed by atoms with Crippen molar-refractivity contribution in [1.82, 2.24) is 24.8 Å². The standard InChI is InChI=1S/C22H23N5OS/c29-22-25-20(18-8-1-2-11-24-18)21(27(22)15-17-7-5-13-28-17)19-9-4-12-26(19)16-6-3-10-23-14-16/h1-4,6,8-12,14,17,20-21H,5,7,13,15H2,(H,25,29)/t17-,20+,21+/m0/s1. The van der Waals surface area contributed by atoms with E-state index in [1.54, 1.807) is 6.20 Å². The van der Waals surface area contributed by atoms with Gasteiger partial charge < -0.3 is 19.5 Å². The molecule has 2 fully saturated rings. The van der Waals surface area contributed by atoms with Gasteiger partial charge in [0.15, 0.2) is 5.11 Å². The summed E-state index contributed by atoms with van der Waals surface area (Å²) >= 11 is 5.77. The zero-order valence-corrected chi connectivity index (χ0v) is 16.8. The summed E-state index contributed by atoms with van der Waals surface area (Å²) in [6.45, 7) is 1.61. The number of nitrogens with zero attached hydrogens (tertiary/aromatic N) is 4. The normalized spacial score (nSPS) is 24.1. The molecule has 3 aromatic rings. The maximum absolute atomic E-state index is 5.92. The Morgan fingerprint density at radius 3 is 2.86 bits per heavy atom. The Morgan fingerprint density at radius 2 is 2.10 bits per heavy atom. The van der Waals surface area contributed by atoms with Crippen LogP contribution in [0.15, 0.2) is 67.3 Å². The molecule has 29 heavy (non-hydrogen) atoms. The summed E-state index contributed by atoms with van der Waals surface area (Å²) < 4.78 is 8.11. The van der Waals surface area contributed by atoms with Crippen molar-refractivity contribution in [1.29, 1.82) is 0 Å². The number of aromatic nitrogens is 3. The minimum absolute atomic E-state index is 0.0109. The van der Waals surface area contributed by atoms with Gasteiger partial charge in [0.1, 0.15) is 0 Å². The Labute approximate surface area is 175 Å². The van der Waals surface area contributed by atoms with Crippen LogP contribution in [0.3, 0.4) is 0 Å². The van der Waals surface area contributed by atoms with Crippen molar-refractivity contribution in [3.05, 3.63) is 78.6 Å². The third-order valence-electron chi connectivity index (χ3n) is 5.63. The van der Waals surface area contributed by atoms with Gasteiger partial charge in [-0.05, 0) is 61.5 Å². The zero-order chi connectivity index (χ0) is 19.6. The Balaban J connectivity index is 1.57. The smallest absolute Gasteiger partial charge is 0.170 e. The summed E-state index contributed by atoms with van der Waals surface area (Å²) in [5.41, 5.74) is 3.16. The molecule has 0 amide bonds. The summed E-state index contributed by atoms with van der Waals surface area (Å²) in [4.78, 5) is 11.2. The molecule has 0 bridgehead atoms. The van der Waals surface area contributed by atoms with Crippen LogP contribution in [0.4, 0.5) is 0 Å². The molecule has 6 nitrogen and oxygen atoms in total. The van der Waals surface area contributed by atoms with E-state index in [9.17, 15) is 0 Å². The fraction of sp³-hybridized carbons (Fsp3) is 0.318. The highest BCUT2D eigenvalue weighted by atomic mass is 32.1. The van der Waals surface area contributed by atoms with Crippen LogP contribution in [0, 0.1) is 0 Å². The van der Waals surface area contributed by atoms with E-state index >= 15 is 0 Å². The van der Waals surface area contributed by atoms with Crippen LogP contribution < -0.4 is 5.32 Å². The van der Waals surface area contributed by atoms with Crippen molar-refractivity contribution in [2.24, 2.45) is 0 Å². The van der Waals surface area contributed by atoms with Crippen molar-refractivity contribution >= 4 is 17.3 Å². The van der Waals surface area contributed by atoms with Gasteiger partial charge >= 0.3 is 0 Å². The van der Waals surface area contributed by atoms with E-state index in [2.05, 4.69) is 55.2 Å². The number of pyridine rings is 2. The van der Waals surface area contributed by atoms with Crippen molar-refractivity contribution in [3.8, 4) is 5.69 Å². The van der Waals surface area contributed by atoms with Crippen LogP contribution in [-0.2, 0) is 4.74 Å². The number of ether oxygens (including phenoxy) is 1. The number of hydrogen-bond acceptors (Lipinski definition) is 4. The van der Waals surface area contributed by atoms with Crippen molar-refractivity contribution < 1.29 is 4.74 Å². The number of thiocarbonyl (C=S) groups is 1. The molecule has 0 aromatic carbocycles. The second-order valence-electron chi connectivity index (χ2n) is 7.43. The minimum Gasteiger partial charge on any atom is -0.376 e. The highest BCUT2D eigenvalue weighted by Gasteiger charge is 2.42. The Bertz CT molecular complexity index is 971. The molecule has 1 N–H and O–H groups in total. The molecule has 0 spiro atoms. The van der Waals surface area contributed by atoms with Crippen molar-refractivity contribution in [2.45, 2.75) is 31.0 Å². The van der Waals surface area contributed by atoms with Gasteiger partial charge in [-0.1, -0.05) is 6.07 Å². The largest absolute Gasteiger partial charge is 0.376 e. The molecule has 0 aliphatic carbocycles. The number of hydrogen-bond donors (Lipinski definition) is 1. The molecule has 3 aromatic heterocycles. The van der Waals surface area contributed by atoms with Gasteiger partial charge in [-0.2, -0.15) is 0 Å². The first-order valence-electron chi connectivity index (χ1n) is 9.98. The SMILES string of the molecule is S=C1N[C@H](c2ccccn2)[C@@H](c2cccn2-c2cccnc2)N1C[C@@H]1CCCO1. The number of nitrogens with one attached hydrogen (secondary N) is 1. The van der Waals surface area contributed by atoms with Gasteiger partial charge in [-0.25, -0.2) is 0 Å². The predicted molar refractivity (Wildman–Crippen MR) is 115 cm³/mol. The van der Waals surface area contributed by atoms with E-state index in [0.717, 1.165) is 48.2 Å². The first-order valence-corrected chi connectivity index (χ1v) is 10.4. The average molecular weight is 406 g/mol. The van der Waals surface area contributed by atoms with Crippen LogP contribution in [0.5, 0.6) is 0 Å². The Hall–Kier alpha value is -2.77. The molecule has 148 valence electrons. The second kappa shape index (κ2) is 7.93. The fourth-order valence-electron chi connectivity index (χ4n) is 4.30. The molecule has 5 rings (SSSR count). The highest BCUT2D eigenvalue weighted by molar-refractivity contribution is 7.80. The van der Waals surface area contributed by atoms with Crippen LogP contribution in [-0.4, -0.2) is 43.8 Å². The Morgan fingerprint density at radius 1 is 1.14 bits per heavy atom. The van der Waals surface area contributed by atoms with Gasteiger partial charge in [0, 0.05) is 37.4 Å².